The molecule has 3 heterocycles. The van der Waals surface area contributed by atoms with Crippen LogP contribution in [-0.4, -0.2) is 29.9 Å². The summed E-state index contributed by atoms with van der Waals surface area (Å²) in [7, 11) is 0. The lowest BCUT2D eigenvalue weighted by molar-refractivity contribution is -0.167. The Kier molecular flexibility index (Phi) is 6.54. The van der Waals surface area contributed by atoms with Crippen molar-refractivity contribution >= 4 is 33.1 Å². The van der Waals surface area contributed by atoms with Crippen LogP contribution < -0.4 is 9.47 Å². The number of nitrogens with zero attached hydrogens (tertiary/aromatic N) is 8. The second-order valence-electron chi connectivity index (χ2n) is 8.82. The summed E-state index contributed by atoms with van der Waals surface area (Å²) in [5.74, 6) is -0.274. The van der Waals surface area contributed by atoms with Crippen LogP contribution in [0.2, 0.25) is 0 Å². The first-order valence-electron chi connectivity index (χ1n) is 12.2. The first-order chi connectivity index (χ1) is 21.0. The third-order valence-corrected chi connectivity index (χ3v) is 5.96. The average molecular weight is 604 g/mol. The molecular weight excluding hydrogens is 594 g/mol. The fraction of sp³-hybridized carbons (Fsp3) is 0.0714. The Balaban J connectivity index is 1.79. The monoisotopic (exact) mass is 604 g/mol. The normalized spacial score (nSPS) is 11.8. The number of hydrogen-bond donors (Lipinski definition) is 0. The van der Waals surface area contributed by atoms with Gasteiger partial charge in [-0.2, -0.15) is 36.9 Å². The van der Waals surface area contributed by atoms with Gasteiger partial charge in [-0.1, -0.05) is 36.4 Å². The van der Waals surface area contributed by atoms with Gasteiger partial charge < -0.3 is 9.47 Å². The summed E-state index contributed by atoms with van der Waals surface area (Å²) in [6, 6.07) is 19.3. The quantitative estimate of drug-likeness (QED) is 0.154. The number of alkyl halides is 6. The van der Waals surface area contributed by atoms with Crippen LogP contribution in [0, 0.1) is 22.7 Å². The Bertz CT molecular complexity index is 2180. The molecular formula is C28H10F6N8O2. The molecule has 216 valence electrons. The van der Waals surface area contributed by atoms with Crippen LogP contribution in [0.3, 0.4) is 0 Å². The second-order valence-corrected chi connectivity index (χ2v) is 8.82. The zero-order valence-electron chi connectivity index (χ0n) is 21.4. The molecule has 0 saturated carbocycles. The minimum Gasteiger partial charge on any atom is -0.435 e. The van der Waals surface area contributed by atoms with E-state index in [0.717, 1.165) is 0 Å². The summed E-state index contributed by atoms with van der Waals surface area (Å²) in [5.41, 5.74) is -9.32. The highest BCUT2D eigenvalue weighted by atomic mass is 19.4. The number of aromatic nitrogens is 6. The third-order valence-electron chi connectivity index (χ3n) is 5.96. The molecule has 16 heteroatoms. The van der Waals surface area contributed by atoms with E-state index < -0.39 is 68.6 Å². The lowest BCUT2D eigenvalue weighted by atomic mass is 10.1. The van der Waals surface area contributed by atoms with E-state index in [9.17, 15) is 36.9 Å². The van der Waals surface area contributed by atoms with Crippen LogP contribution in [0.25, 0.3) is 33.1 Å². The molecule has 0 aliphatic rings. The van der Waals surface area contributed by atoms with Crippen molar-refractivity contribution < 1.29 is 35.8 Å². The largest absolute Gasteiger partial charge is 0.435 e. The van der Waals surface area contributed by atoms with Gasteiger partial charge in [0.1, 0.15) is 56.7 Å². The SMILES string of the molecule is N#Cc1nc2c(nc1C#N)c1nc(C(F)(F)F)c(C(F)(F)F)nc1c1nc(Oc3ccccc3)c(Oc3ccccc3)nc21. The van der Waals surface area contributed by atoms with E-state index in [0.29, 0.717) is 0 Å². The van der Waals surface area contributed by atoms with E-state index in [2.05, 4.69) is 29.9 Å². The fourth-order valence-corrected chi connectivity index (χ4v) is 4.15. The predicted molar refractivity (Wildman–Crippen MR) is 138 cm³/mol. The molecule has 0 N–H and O–H groups in total. The first kappa shape index (κ1) is 28.0. The van der Waals surface area contributed by atoms with E-state index in [1.807, 2.05) is 0 Å². The highest BCUT2D eigenvalue weighted by molar-refractivity contribution is 6.18. The maximum absolute atomic E-state index is 13.9. The van der Waals surface area contributed by atoms with Gasteiger partial charge in [-0.25, -0.2) is 29.9 Å². The molecule has 44 heavy (non-hydrogen) atoms. The fourth-order valence-electron chi connectivity index (χ4n) is 4.15. The smallest absolute Gasteiger partial charge is 0.435 e. The molecule has 3 aromatic carbocycles. The van der Waals surface area contributed by atoms with Crippen molar-refractivity contribution in [1.29, 1.82) is 10.5 Å². The Morgan fingerprint density at radius 3 is 1.11 bits per heavy atom. The van der Waals surface area contributed by atoms with Crippen LogP contribution >= 0.6 is 0 Å². The van der Waals surface area contributed by atoms with Crippen LogP contribution in [0.5, 0.6) is 23.3 Å². The standard InChI is InChI=1S/C28H10F6N8O2/c29-27(30,31)23-24(28(32,33)34)40-20-19(39-23)17-18(38-16(12-36)15(11-35)37-17)21-22(20)42-26(44-14-9-5-2-6-10-14)25(41-21)43-13-7-3-1-4-8-13/h1-10H. The maximum atomic E-state index is 13.9. The molecule has 6 rings (SSSR count). The highest BCUT2D eigenvalue weighted by Crippen LogP contribution is 2.42. The summed E-state index contributed by atoms with van der Waals surface area (Å²) < 4.78 is 95.0. The van der Waals surface area contributed by atoms with Gasteiger partial charge in [-0.3, -0.25) is 0 Å². The summed E-state index contributed by atoms with van der Waals surface area (Å²) in [5, 5.41) is 19.0. The van der Waals surface area contributed by atoms with Crippen molar-refractivity contribution in [1.82, 2.24) is 29.9 Å². The minimum atomic E-state index is -5.59. The zero-order chi connectivity index (χ0) is 31.2. The molecule has 0 amide bonds. The number of para-hydroxylation sites is 2. The van der Waals surface area contributed by atoms with Crippen molar-refractivity contribution in [3.8, 4) is 35.4 Å². The van der Waals surface area contributed by atoms with Gasteiger partial charge in [0, 0.05) is 0 Å². The molecule has 0 atom stereocenters. The number of fused-ring (bicyclic) bond motifs is 6. The summed E-state index contributed by atoms with van der Waals surface area (Å²) in [6.45, 7) is 0. The molecule has 0 radical (unpaired) electrons. The number of halogens is 6. The van der Waals surface area contributed by atoms with Crippen LogP contribution in [0.4, 0.5) is 26.3 Å². The van der Waals surface area contributed by atoms with Crippen molar-refractivity contribution in [3.63, 3.8) is 0 Å². The molecule has 0 bridgehead atoms. The topological polar surface area (TPSA) is 143 Å². The Labute approximate surface area is 240 Å². The van der Waals surface area contributed by atoms with Crippen molar-refractivity contribution in [2.24, 2.45) is 0 Å². The summed E-state index contributed by atoms with van der Waals surface area (Å²) in [6.07, 6.45) is -11.2. The Hall–Kier alpha value is -6.16. The minimum absolute atomic E-state index is 0.204. The van der Waals surface area contributed by atoms with E-state index >= 15 is 0 Å². The van der Waals surface area contributed by atoms with Gasteiger partial charge in [-0.05, 0) is 24.3 Å². The first-order valence-corrected chi connectivity index (χ1v) is 12.2. The Morgan fingerprint density at radius 2 is 0.795 bits per heavy atom. The number of ether oxygens (including phenoxy) is 2. The van der Waals surface area contributed by atoms with Crippen LogP contribution in [0.15, 0.2) is 60.7 Å². The molecule has 0 aliphatic carbocycles. The number of nitriles is 2. The highest BCUT2D eigenvalue weighted by Gasteiger charge is 2.47. The van der Waals surface area contributed by atoms with Gasteiger partial charge >= 0.3 is 12.4 Å². The molecule has 0 unspecified atom stereocenters. The van der Waals surface area contributed by atoms with Crippen molar-refractivity contribution in [2.75, 3.05) is 0 Å². The molecule has 0 spiro atoms. The maximum Gasteiger partial charge on any atom is 0.435 e. The number of rotatable bonds is 4. The van der Waals surface area contributed by atoms with Gasteiger partial charge in [0.25, 0.3) is 11.8 Å². The number of hydrogen-bond acceptors (Lipinski definition) is 10. The van der Waals surface area contributed by atoms with E-state index in [-0.39, 0.29) is 22.9 Å². The molecule has 10 nitrogen and oxygen atoms in total. The lowest BCUT2D eigenvalue weighted by Gasteiger charge is -2.17. The predicted octanol–water partition coefficient (Wildman–Crippen LogP) is 6.88. The van der Waals surface area contributed by atoms with Crippen molar-refractivity contribution in [2.45, 2.75) is 12.4 Å². The van der Waals surface area contributed by atoms with E-state index in [1.54, 1.807) is 60.7 Å². The van der Waals surface area contributed by atoms with E-state index in [4.69, 9.17) is 9.47 Å². The van der Waals surface area contributed by atoms with Gasteiger partial charge in [0.2, 0.25) is 0 Å². The van der Waals surface area contributed by atoms with Gasteiger partial charge in [-0.15, -0.1) is 0 Å². The summed E-state index contributed by atoms with van der Waals surface area (Å²) >= 11 is 0. The molecule has 0 aliphatic heterocycles. The Morgan fingerprint density at radius 1 is 0.477 bits per heavy atom. The average Bonchev–Trinajstić information content (AvgIpc) is 3.00. The molecule has 0 saturated heterocycles. The molecule has 6 aromatic rings. The summed E-state index contributed by atoms with van der Waals surface area (Å²) in [4.78, 5) is 23.2. The molecule has 3 aromatic heterocycles. The van der Waals surface area contributed by atoms with Gasteiger partial charge in [0.15, 0.2) is 22.8 Å². The van der Waals surface area contributed by atoms with Gasteiger partial charge in [0.05, 0.1) is 0 Å². The van der Waals surface area contributed by atoms with E-state index in [1.165, 1.54) is 12.1 Å². The second kappa shape index (κ2) is 10.3. The van der Waals surface area contributed by atoms with Crippen LogP contribution in [-0.2, 0) is 12.4 Å². The number of benzene rings is 3. The van der Waals surface area contributed by atoms with Crippen LogP contribution in [0.1, 0.15) is 22.8 Å². The third kappa shape index (κ3) is 4.94. The molecule has 0 fully saturated rings. The zero-order valence-corrected chi connectivity index (χ0v) is 21.4. The lowest BCUT2D eigenvalue weighted by Crippen LogP contribution is -2.21. The van der Waals surface area contributed by atoms with Crippen molar-refractivity contribution in [3.05, 3.63) is 83.4 Å².